The van der Waals surface area contributed by atoms with E-state index in [9.17, 15) is 4.79 Å². The first kappa shape index (κ1) is 12.9. The molecule has 0 heterocycles. The van der Waals surface area contributed by atoms with E-state index in [1.54, 1.807) is 6.07 Å². The van der Waals surface area contributed by atoms with Crippen molar-refractivity contribution in [3.8, 4) is 0 Å². The molecule has 1 fully saturated rings. The van der Waals surface area contributed by atoms with Crippen molar-refractivity contribution in [2.24, 2.45) is 0 Å². The molecule has 1 aliphatic carbocycles. The third kappa shape index (κ3) is 4.02. The van der Waals surface area contributed by atoms with E-state index in [2.05, 4.69) is 6.07 Å². The van der Waals surface area contributed by atoms with Gasteiger partial charge >= 0.3 is 113 Å². The Morgan fingerprint density at radius 3 is 2.53 bits per heavy atom. The number of hydrogen-bond donors (Lipinski definition) is 1. The van der Waals surface area contributed by atoms with Crippen LogP contribution in [0.2, 0.25) is 3.93 Å². The maximum absolute atomic E-state index is 10.9. The molecule has 0 aliphatic heterocycles. The fourth-order valence-corrected chi connectivity index (χ4v) is 6.97. The molecule has 1 aromatic rings. The summed E-state index contributed by atoms with van der Waals surface area (Å²) in [6, 6.07) is 7.62. The summed E-state index contributed by atoms with van der Waals surface area (Å²) in [5.74, 6) is -0.799. The van der Waals surface area contributed by atoms with Gasteiger partial charge in [0.2, 0.25) is 0 Å². The number of hydrogen-bond acceptors (Lipinski definition) is 1. The number of aromatic carboxylic acids is 1. The maximum atomic E-state index is 10.9. The second-order valence-electron chi connectivity index (χ2n) is 4.72. The quantitative estimate of drug-likeness (QED) is 0.680. The van der Waals surface area contributed by atoms with Crippen molar-refractivity contribution in [2.45, 2.75) is 42.5 Å². The summed E-state index contributed by atoms with van der Waals surface area (Å²) in [6.07, 6.45) is 8.30. The first-order valence-electron chi connectivity index (χ1n) is 6.35. The van der Waals surface area contributed by atoms with Gasteiger partial charge < -0.3 is 0 Å². The number of benzene rings is 1. The van der Waals surface area contributed by atoms with Gasteiger partial charge in [-0.25, -0.2) is 0 Å². The van der Waals surface area contributed by atoms with Gasteiger partial charge in [0.25, 0.3) is 0 Å². The fraction of sp³-hybridized carbons (Fsp3) is 0.500. The van der Waals surface area contributed by atoms with Crippen molar-refractivity contribution in [1.29, 1.82) is 0 Å². The molecule has 0 saturated heterocycles. The third-order valence-electron chi connectivity index (χ3n) is 3.34. The normalized spacial score (nSPS) is 17.6. The molecule has 2 radical (unpaired) electrons. The Kier molecular flexibility index (Phi) is 4.89. The molecule has 0 spiro atoms. The zero-order valence-corrected chi connectivity index (χ0v) is 12.8. The van der Waals surface area contributed by atoms with Crippen molar-refractivity contribution in [1.82, 2.24) is 0 Å². The third-order valence-corrected chi connectivity index (χ3v) is 7.99. The Bertz CT molecular complexity index is 382. The van der Waals surface area contributed by atoms with Gasteiger partial charge in [-0.05, 0) is 0 Å². The minimum atomic E-state index is -0.799. The van der Waals surface area contributed by atoms with Crippen molar-refractivity contribution >= 4 is 30.7 Å². The van der Waals surface area contributed by atoms with Crippen LogP contribution in [0.5, 0.6) is 0 Å². The standard InChI is InChI=1S/C7H5O2.C7H13.Sn/c8-7(9)6-4-2-1-3-5-6;1-2-4-6-7-5-3-1;/h1-2,4-5H,(H,8,9);1H,2-7H2;. The molecule has 1 saturated carbocycles. The van der Waals surface area contributed by atoms with Crippen LogP contribution in [-0.2, 0) is 0 Å². The molecule has 2 rings (SSSR count). The summed E-state index contributed by atoms with van der Waals surface area (Å²) in [7, 11) is 0. The van der Waals surface area contributed by atoms with Gasteiger partial charge in [0.05, 0.1) is 0 Å². The molecule has 3 heteroatoms. The van der Waals surface area contributed by atoms with Crippen LogP contribution < -0.4 is 3.58 Å². The van der Waals surface area contributed by atoms with Crippen LogP contribution in [-0.4, -0.2) is 32.2 Å². The summed E-state index contributed by atoms with van der Waals surface area (Å²) in [5, 5.41) is 8.98. The monoisotopic (exact) mass is 338 g/mol. The molecule has 90 valence electrons. The van der Waals surface area contributed by atoms with E-state index in [1.807, 2.05) is 12.1 Å². The molecule has 1 N–H and O–H groups in total. The second-order valence-corrected chi connectivity index (χ2v) is 9.52. The van der Waals surface area contributed by atoms with E-state index in [4.69, 9.17) is 5.11 Å². The molecule has 2 nitrogen and oxygen atoms in total. The van der Waals surface area contributed by atoms with Crippen LogP contribution >= 0.6 is 0 Å². The molecule has 1 aromatic carbocycles. The van der Waals surface area contributed by atoms with E-state index < -0.39 is 27.1 Å². The Labute approximate surface area is 113 Å². The van der Waals surface area contributed by atoms with Gasteiger partial charge in [0.15, 0.2) is 0 Å². The Balaban J connectivity index is 2.01. The fourth-order valence-electron chi connectivity index (χ4n) is 2.40. The number of carbonyl (C=O) groups is 1. The van der Waals surface area contributed by atoms with E-state index >= 15 is 0 Å². The molecule has 0 bridgehead atoms. The average Bonchev–Trinajstić information content (AvgIpc) is 2.58. The minimum absolute atomic E-state index is 0.456. The van der Waals surface area contributed by atoms with E-state index in [0.29, 0.717) is 5.56 Å². The van der Waals surface area contributed by atoms with Crippen LogP contribution in [0.3, 0.4) is 0 Å². The van der Waals surface area contributed by atoms with Crippen LogP contribution in [0, 0.1) is 0 Å². The molecule has 0 amide bonds. The Morgan fingerprint density at radius 2 is 1.88 bits per heavy atom. The summed E-state index contributed by atoms with van der Waals surface area (Å²) in [6.45, 7) is 0. The second kappa shape index (κ2) is 6.43. The first-order chi connectivity index (χ1) is 8.25. The number of carboxylic acid groups (broad SMARTS) is 1. The van der Waals surface area contributed by atoms with Crippen LogP contribution in [0.4, 0.5) is 0 Å². The molecule has 17 heavy (non-hydrogen) atoms. The van der Waals surface area contributed by atoms with Gasteiger partial charge in [0, 0.05) is 0 Å². The molecule has 0 unspecified atom stereocenters. The average molecular weight is 337 g/mol. The Hall–Kier alpha value is -0.511. The summed E-state index contributed by atoms with van der Waals surface area (Å²) in [4.78, 5) is 10.9. The zero-order valence-electron chi connectivity index (χ0n) is 9.98. The molecule has 0 aromatic heterocycles. The molecular weight excluding hydrogens is 319 g/mol. The van der Waals surface area contributed by atoms with Gasteiger partial charge in [-0.15, -0.1) is 0 Å². The van der Waals surface area contributed by atoms with Crippen LogP contribution in [0.25, 0.3) is 0 Å². The Morgan fingerprint density at radius 1 is 1.18 bits per heavy atom. The van der Waals surface area contributed by atoms with Crippen molar-refractivity contribution in [3.05, 3.63) is 29.8 Å². The number of carboxylic acids is 1. The SMILES string of the molecule is O=C(O)c1ccc[c]([Sn][CH]2CCCCCC2)c1. The van der Waals surface area contributed by atoms with Gasteiger partial charge in [-0.2, -0.15) is 0 Å². The predicted octanol–water partition coefficient (Wildman–Crippen LogP) is 2.86. The summed E-state index contributed by atoms with van der Waals surface area (Å²) < 4.78 is 2.27. The van der Waals surface area contributed by atoms with Gasteiger partial charge in [-0.1, -0.05) is 0 Å². The molecule has 0 atom stereocenters. The van der Waals surface area contributed by atoms with Gasteiger partial charge in [0.1, 0.15) is 0 Å². The van der Waals surface area contributed by atoms with Gasteiger partial charge in [-0.3, -0.25) is 0 Å². The van der Waals surface area contributed by atoms with Crippen LogP contribution in [0.1, 0.15) is 48.9 Å². The first-order valence-corrected chi connectivity index (χ1v) is 9.43. The van der Waals surface area contributed by atoms with E-state index in [-0.39, 0.29) is 0 Å². The van der Waals surface area contributed by atoms with Crippen molar-refractivity contribution < 1.29 is 9.90 Å². The van der Waals surface area contributed by atoms with Crippen molar-refractivity contribution in [2.75, 3.05) is 0 Å². The van der Waals surface area contributed by atoms with E-state index in [1.165, 1.54) is 42.1 Å². The number of rotatable bonds is 3. The zero-order chi connectivity index (χ0) is 12.1. The topological polar surface area (TPSA) is 37.3 Å². The summed E-state index contributed by atoms with van der Waals surface area (Å²) in [5.41, 5.74) is 0.456. The summed E-state index contributed by atoms with van der Waals surface area (Å²) >= 11 is -0.596. The molecular formula is C14H18O2Sn. The molecule has 1 aliphatic rings. The predicted molar refractivity (Wildman–Crippen MR) is 70.2 cm³/mol. The van der Waals surface area contributed by atoms with Crippen molar-refractivity contribution in [3.63, 3.8) is 0 Å². The van der Waals surface area contributed by atoms with Crippen LogP contribution in [0.15, 0.2) is 24.3 Å². The van der Waals surface area contributed by atoms with E-state index in [0.717, 1.165) is 3.93 Å².